The Bertz CT molecular complexity index is 2110. The third kappa shape index (κ3) is 9.24. The molecule has 2 N–H and O–H groups in total. The van der Waals surface area contributed by atoms with Crippen LogP contribution in [0.3, 0.4) is 0 Å². The molecule has 0 spiro atoms. The number of nitrogens with one attached hydrogen (secondary N) is 1. The number of benzene rings is 1. The number of carboxylic acid groups (broad SMARTS) is 1. The molecule has 4 aliphatic rings. The number of rotatable bonds is 18. The number of esters is 1. The van der Waals surface area contributed by atoms with Crippen LogP contribution in [0.15, 0.2) is 36.2 Å². The van der Waals surface area contributed by atoms with E-state index in [0.29, 0.717) is 58.7 Å². The zero-order valence-corrected chi connectivity index (χ0v) is 36.2. The van der Waals surface area contributed by atoms with Gasteiger partial charge in [-0.2, -0.15) is 0 Å². The van der Waals surface area contributed by atoms with Crippen LogP contribution in [0.25, 0.3) is 22.3 Å². The van der Waals surface area contributed by atoms with Gasteiger partial charge in [-0.1, -0.05) is 38.4 Å². The molecule has 8 atom stereocenters. The smallest absolute Gasteiger partial charge is 0.310 e. The molecule has 0 radical (unpaired) electrons. The van der Waals surface area contributed by atoms with E-state index in [1.807, 2.05) is 40.0 Å². The van der Waals surface area contributed by atoms with Crippen molar-refractivity contribution in [2.45, 2.75) is 104 Å². The summed E-state index contributed by atoms with van der Waals surface area (Å²) in [6.45, 7) is 14.2. The molecule has 1 aromatic carbocycles. The Labute approximate surface area is 354 Å². The Kier molecular flexibility index (Phi) is 12.3. The standard InChI is InChI=1S/C44H55ClN4O9S/c1-8-26-19-44(26,41(53)54)20-34(50)33-16-28(21-49(33)40(52)30(43(4,5)6)17-37(51)58-27-14-24-13-25(24)15-27)57-36-18-31(32-22-59-42(48-32)46-23(2)3)47-39-29(36)9-10-35(38(39)45)56-12-11-55-7/h8-10,18,22-28,30,33H,1,11-17,19-21H2,2-7H3,(H,46,48)(H,53,54)/t24-,25+,26-,27?,28-,30-,33+,44-/m1/s1. The van der Waals surface area contributed by atoms with Crippen LogP contribution >= 0.6 is 22.9 Å². The van der Waals surface area contributed by atoms with Crippen LogP contribution in [-0.4, -0.2) is 94.8 Å². The van der Waals surface area contributed by atoms with Gasteiger partial charge >= 0.3 is 11.9 Å². The second kappa shape index (κ2) is 17.0. The summed E-state index contributed by atoms with van der Waals surface area (Å²) in [6, 6.07) is 4.49. The van der Waals surface area contributed by atoms with Crippen molar-refractivity contribution in [1.29, 1.82) is 0 Å². The van der Waals surface area contributed by atoms with Gasteiger partial charge in [0.05, 0.1) is 48.2 Å². The zero-order chi connectivity index (χ0) is 42.4. The summed E-state index contributed by atoms with van der Waals surface area (Å²) in [5, 5.41) is 17.0. The minimum atomic E-state index is -1.27. The van der Waals surface area contributed by atoms with Gasteiger partial charge in [0.2, 0.25) is 5.91 Å². The van der Waals surface area contributed by atoms with Gasteiger partial charge in [0.25, 0.3) is 0 Å². The van der Waals surface area contributed by atoms with Crippen LogP contribution in [0.1, 0.15) is 79.6 Å². The van der Waals surface area contributed by atoms with Crippen LogP contribution < -0.4 is 14.8 Å². The van der Waals surface area contributed by atoms with Gasteiger partial charge in [-0.05, 0) is 74.8 Å². The van der Waals surface area contributed by atoms with E-state index in [1.165, 1.54) is 22.7 Å². The normalized spacial score (nSPS) is 26.3. The Morgan fingerprint density at radius 2 is 1.81 bits per heavy atom. The molecule has 3 saturated carbocycles. The van der Waals surface area contributed by atoms with Gasteiger partial charge < -0.3 is 34.3 Å². The number of nitrogens with zero attached hydrogens (tertiary/aromatic N) is 3. The molecule has 1 aliphatic heterocycles. The van der Waals surface area contributed by atoms with E-state index >= 15 is 0 Å². The van der Waals surface area contributed by atoms with Crippen LogP contribution in [0.4, 0.5) is 5.13 Å². The lowest BCUT2D eigenvalue weighted by Gasteiger charge is -2.35. The van der Waals surface area contributed by atoms with Crippen LogP contribution in [0.5, 0.6) is 11.5 Å². The number of thiazole rings is 1. The molecule has 3 heterocycles. The molecular formula is C44H55ClN4O9S. The molecule has 15 heteroatoms. The summed E-state index contributed by atoms with van der Waals surface area (Å²) in [6.07, 6.45) is 3.68. The van der Waals surface area contributed by atoms with E-state index in [0.717, 1.165) is 18.0 Å². The second-order valence-electron chi connectivity index (χ2n) is 18.1. The maximum atomic E-state index is 14.8. The first-order valence-corrected chi connectivity index (χ1v) is 21.8. The zero-order valence-electron chi connectivity index (χ0n) is 34.6. The quantitative estimate of drug-likeness (QED) is 0.0725. The number of aliphatic carboxylic acids is 1. The Hall–Kier alpha value is -4.27. The predicted octanol–water partition coefficient (Wildman–Crippen LogP) is 7.84. The summed E-state index contributed by atoms with van der Waals surface area (Å²) in [4.78, 5) is 66.3. The lowest BCUT2D eigenvalue weighted by molar-refractivity contribution is -0.157. The number of Topliss-reactive ketones (excluding diaryl/α,β-unsaturated/α-hetero) is 1. The third-order valence-electron chi connectivity index (χ3n) is 12.3. The molecule has 2 aromatic heterocycles. The van der Waals surface area contributed by atoms with Crippen molar-refractivity contribution in [3.8, 4) is 22.9 Å². The number of methoxy groups -OCH3 is 1. The first kappa shape index (κ1) is 42.8. The summed E-state index contributed by atoms with van der Waals surface area (Å²) < 4.78 is 23.7. The van der Waals surface area contributed by atoms with E-state index in [2.05, 4.69) is 11.9 Å². The van der Waals surface area contributed by atoms with Crippen molar-refractivity contribution in [3.05, 3.63) is 41.3 Å². The van der Waals surface area contributed by atoms with Crippen LogP contribution in [0, 0.1) is 34.5 Å². The molecule has 1 amide bonds. The highest BCUT2D eigenvalue weighted by Crippen LogP contribution is 2.57. The number of hydrogen-bond donors (Lipinski definition) is 2. The Morgan fingerprint density at radius 3 is 2.46 bits per heavy atom. The van der Waals surface area contributed by atoms with E-state index in [-0.39, 0.29) is 67.2 Å². The molecule has 318 valence electrons. The number of ether oxygens (including phenoxy) is 4. The monoisotopic (exact) mass is 850 g/mol. The number of anilines is 1. The maximum absolute atomic E-state index is 14.8. The number of carbonyl (C=O) groups excluding carboxylic acids is 3. The minimum absolute atomic E-state index is 0.0259. The van der Waals surface area contributed by atoms with Gasteiger partial charge in [-0.25, -0.2) is 9.97 Å². The molecule has 13 nitrogen and oxygen atoms in total. The van der Waals surface area contributed by atoms with Crippen molar-refractivity contribution in [2.75, 3.05) is 32.2 Å². The minimum Gasteiger partial charge on any atom is -0.490 e. The fourth-order valence-corrected chi connectivity index (χ4v) is 9.93. The van der Waals surface area contributed by atoms with Crippen LogP contribution in [-0.2, 0) is 28.7 Å². The third-order valence-corrected chi connectivity index (χ3v) is 13.5. The number of hydrogen-bond acceptors (Lipinski definition) is 12. The molecule has 3 aromatic rings. The van der Waals surface area contributed by atoms with E-state index < -0.39 is 40.8 Å². The molecule has 59 heavy (non-hydrogen) atoms. The fraction of sp³-hybridized carbons (Fsp3) is 0.591. The van der Waals surface area contributed by atoms with Gasteiger partial charge in [-0.15, -0.1) is 17.9 Å². The number of fused-ring (bicyclic) bond motifs is 2. The van der Waals surface area contributed by atoms with Gasteiger partial charge in [0.1, 0.15) is 41.0 Å². The summed E-state index contributed by atoms with van der Waals surface area (Å²) in [5.41, 5.74) is -0.433. The molecule has 3 aliphatic carbocycles. The topological polar surface area (TPSA) is 166 Å². The molecule has 0 bridgehead atoms. The number of aromatic nitrogens is 2. The van der Waals surface area contributed by atoms with Gasteiger partial charge in [0, 0.05) is 42.8 Å². The van der Waals surface area contributed by atoms with E-state index in [4.69, 9.17) is 40.5 Å². The highest BCUT2D eigenvalue weighted by atomic mass is 35.5. The molecule has 1 unspecified atom stereocenters. The largest absolute Gasteiger partial charge is 0.490 e. The average Bonchev–Trinajstić information content (AvgIpc) is 3.84. The number of carboxylic acids is 1. The first-order chi connectivity index (χ1) is 28.0. The number of halogens is 1. The Morgan fingerprint density at radius 1 is 1.07 bits per heavy atom. The number of pyridine rings is 1. The summed E-state index contributed by atoms with van der Waals surface area (Å²) >= 11 is 8.41. The van der Waals surface area contributed by atoms with Crippen molar-refractivity contribution in [2.24, 2.45) is 34.5 Å². The lowest BCUT2D eigenvalue weighted by atomic mass is 9.77. The van der Waals surface area contributed by atoms with Crippen molar-refractivity contribution in [3.63, 3.8) is 0 Å². The van der Waals surface area contributed by atoms with Crippen molar-refractivity contribution >= 4 is 62.6 Å². The Balaban J connectivity index is 1.21. The predicted molar refractivity (Wildman–Crippen MR) is 225 cm³/mol. The molecule has 7 rings (SSSR count). The molecule has 1 saturated heterocycles. The molecular weight excluding hydrogens is 796 g/mol. The number of carbonyl (C=O) groups is 4. The van der Waals surface area contributed by atoms with Crippen molar-refractivity contribution in [1.82, 2.24) is 14.9 Å². The number of ketones is 1. The summed E-state index contributed by atoms with van der Waals surface area (Å²) in [7, 11) is 1.58. The lowest BCUT2D eigenvalue weighted by Crippen LogP contribution is -2.48. The van der Waals surface area contributed by atoms with Crippen molar-refractivity contribution < 1.29 is 43.2 Å². The van der Waals surface area contributed by atoms with Crippen LogP contribution in [0.2, 0.25) is 5.02 Å². The average molecular weight is 851 g/mol. The van der Waals surface area contributed by atoms with Gasteiger partial charge in [-0.3, -0.25) is 19.2 Å². The van der Waals surface area contributed by atoms with Gasteiger partial charge in [0.15, 0.2) is 10.9 Å². The number of allylic oxidation sites excluding steroid dienone is 1. The molecule has 4 fully saturated rings. The highest BCUT2D eigenvalue weighted by molar-refractivity contribution is 7.14. The maximum Gasteiger partial charge on any atom is 0.310 e. The number of amides is 1. The second-order valence-corrected chi connectivity index (χ2v) is 19.3. The highest BCUT2D eigenvalue weighted by Gasteiger charge is 2.61. The fourth-order valence-electron chi connectivity index (χ4n) is 8.82. The SMILES string of the molecule is C=C[C@@H]1C[C@]1(CC(=O)[C@@H]1C[C@@H](Oc2cc(-c3csc(NC(C)C)n3)nc3c(Cl)c(OCCOC)ccc23)CN1C(=O)[C@@H](CC(=O)OC1C[C@@H]2C[C@@H]2C1)C(C)(C)C)C(=O)O. The van der Waals surface area contributed by atoms with E-state index in [1.54, 1.807) is 31.4 Å². The van der Waals surface area contributed by atoms with E-state index in [9.17, 15) is 24.3 Å². The first-order valence-electron chi connectivity index (χ1n) is 20.5. The summed E-state index contributed by atoms with van der Waals surface area (Å²) in [5.74, 6) is -1.31. The number of likely N-dealkylation sites (tertiary alicyclic amines) is 1.